The fourth-order valence-corrected chi connectivity index (χ4v) is 3.91. The topological polar surface area (TPSA) is 38.8 Å². The summed E-state index contributed by atoms with van der Waals surface area (Å²) in [4.78, 5) is 19.6. The average molecular weight is 445 g/mol. The molecule has 1 aliphatic rings. The molecule has 1 atom stereocenters. The van der Waals surface area contributed by atoms with Crippen LogP contribution in [0.25, 0.3) is 0 Å². The first-order valence-corrected chi connectivity index (χ1v) is 10.5. The lowest BCUT2D eigenvalue weighted by Crippen LogP contribution is -2.48. The summed E-state index contributed by atoms with van der Waals surface area (Å²) >= 11 is 3.44. The van der Waals surface area contributed by atoms with E-state index >= 15 is 0 Å². The molecule has 1 heterocycles. The molecule has 0 aliphatic carbocycles. The summed E-state index contributed by atoms with van der Waals surface area (Å²) in [6.07, 6.45) is 0. The zero-order chi connectivity index (χ0) is 20.1. The number of carbonyl (C=O) groups excluding carboxylic acids is 1. The number of hydrogen-bond acceptors (Lipinski definition) is 4. The van der Waals surface area contributed by atoms with E-state index in [0.29, 0.717) is 12.1 Å². The molecule has 0 saturated carbocycles. The van der Waals surface area contributed by atoms with Gasteiger partial charge in [0, 0.05) is 62.5 Å². The number of carbonyl (C=O) groups is 1. The third kappa shape index (κ3) is 5.34. The largest absolute Gasteiger partial charge is 0.378 e. The molecule has 1 unspecified atom stereocenters. The van der Waals surface area contributed by atoms with Crippen LogP contribution in [-0.2, 0) is 0 Å². The van der Waals surface area contributed by atoms with Gasteiger partial charge in [0.05, 0.1) is 6.04 Å². The van der Waals surface area contributed by atoms with Crippen LogP contribution in [0.3, 0.4) is 0 Å². The zero-order valence-corrected chi connectivity index (χ0v) is 18.4. The molecule has 2 aromatic rings. The molecule has 2 aromatic carbocycles. The fourth-order valence-electron chi connectivity index (χ4n) is 3.51. The number of hydrogen-bond donors (Lipinski definition) is 1. The smallest absolute Gasteiger partial charge is 0.251 e. The lowest BCUT2D eigenvalue weighted by atomic mass is 10.0. The molecule has 1 aliphatic heterocycles. The molecule has 0 bridgehead atoms. The predicted molar refractivity (Wildman–Crippen MR) is 119 cm³/mol. The van der Waals surface area contributed by atoms with Gasteiger partial charge in [0.2, 0.25) is 0 Å². The third-order valence-corrected chi connectivity index (χ3v) is 5.81. The minimum Gasteiger partial charge on any atom is -0.378 e. The third-order valence-electron chi connectivity index (χ3n) is 5.32. The van der Waals surface area contributed by atoms with E-state index in [1.807, 2.05) is 38.4 Å². The van der Waals surface area contributed by atoms with E-state index in [1.54, 1.807) is 0 Å². The highest BCUT2D eigenvalue weighted by Crippen LogP contribution is 2.24. The van der Waals surface area contributed by atoms with Gasteiger partial charge in [-0.3, -0.25) is 9.69 Å². The van der Waals surface area contributed by atoms with Crippen molar-refractivity contribution in [1.29, 1.82) is 0 Å². The van der Waals surface area contributed by atoms with E-state index < -0.39 is 0 Å². The standard InChI is InChI=1S/C22H29BrN4O/c1-25(2)20-9-7-17(8-10-20)21(27-13-11-26(3)12-14-27)16-24-22(28)18-5-4-6-19(23)15-18/h4-10,15,21H,11-14,16H2,1-3H3,(H,24,28). The van der Waals surface area contributed by atoms with Crippen LogP contribution in [0.2, 0.25) is 0 Å². The Labute approximate surface area is 176 Å². The van der Waals surface area contributed by atoms with Gasteiger partial charge in [-0.15, -0.1) is 0 Å². The van der Waals surface area contributed by atoms with Crippen LogP contribution < -0.4 is 10.2 Å². The summed E-state index contributed by atoms with van der Waals surface area (Å²) in [6, 6.07) is 16.3. The van der Waals surface area contributed by atoms with E-state index in [1.165, 1.54) is 11.3 Å². The molecule has 1 fully saturated rings. The van der Waals surface area contributed by atoms with Crippen molar-refractivity contribution in [3.63, 3.8) is 0 Å². The highest BCUT2D eigenvalue weighted by atomic mass is 79.9. The summed E-state index contributed by atoms with van der Waals surface area (Å²) < 4.78 is 0.912. The van der Waals surface area contributed by atoms with Crippen LogP contribution in [0.4, 0.5) is 5.69 Å². The van der Waals surface area contributed by atoms with E-state index in [0.717, 1.165) is 30.7 Å². The summed E-state index contributed by atoms with van der Waals surface area (Å²) in [5.41, 5.74) is 3.10. The van der Waals surface area contributed by atoms with Crippen LogP contribution in [0.5, 0.6) is 0 Å². The van der Waals surface area contributed by atoms with Crippen LogP contribution in [0.1, 0.15) is 22.0 Å². The minimum absolute atomic E-state index is 0.0367. The second kappa shape index (κ2) is 9.54. The van der Waals surface area contributed by atoms with Gasteiger partial charge in [0.15, 0.2) is 0 Å². The van der Waals surface area contributed by atoms with Crippen LogP contribution in [0, 0.1) is 0 Å². The normalized spacial score (nSPS) is 16.6. The number of rotatable bonds is 6. The number of anilines is 1. The van der Waals surface area contributed by atoms with Gasteiger partial charge in [-0.2, -0.15) is 0 Å². The number of nitrogens with zero attached hydrogens (tertiary/aromatic N) is 3. The molecule has 1 saturated heterocycles. The van der Waals surface area contributed by atoms with E-state index in [-0.39, 0.29) is 11.9 Å². The molecule has 5 nitrogen and oxygen atoms in total. The molecular weight excluding hydrogens is 416 g/mol. The molecule has 150 valence electrons. The number of halogens is 1. The SMILES string of the molecule is CN1CCN(C(CNC(=O)c2cccc(Br)c2)c2ccc(N(C)C)cc2)CC1. The van der Waals surface area contributed by atoms with Crippen molar-refractivity contribution in [2.24, 2.45) is 0 Å². The lowest BCUT2D eigenvalue weighted by Gasteiger charge is -2.38. The van der Waals surface area contributed by atoms with Crippen molar-refractivity contribution in [3.05, 3.63) is 64.1 Å². The van der Waals surface area contributed by atoms with Crippen LogP contribution >= 0.6 is 15.9 Å². The Hall–Kier alpha value is -1.89. The van der Waals surface area contributed by atoms with Crippen LogP contribution in [0.15, 0.2) is 53.0 Å². The number of amides is 1. The molecule has 0 radical (unpaired) electrons. The molecule has 6 heteroatoms. The Morgan fingerprint density at radius 1 is 1.11 bits per heavy atom. The molecule has 0 spiro atoms. The first-order chi connectivity index (χ1) is 13.4. The van der Waals surface area contributed by atoms with Gasteiger partial charge in [-0.05, 0) is 42.9 Å². The molecule has 28 heavy (non-hydrogen) atoms. The Morgan fingerprint density at radius 3 is 2.39 bits per heavy atom. The number of likely N-dealkylation sites (N-methyl/N-ethyl adjacent to an activating group) is 1. The van der Waals surface area contributed by atoms with Gasteiger partial charge in [-0.25, -0.2) is 0 Å². The van der Waals surface area contributed by atoms with Gasteiger partial charge >= 0.3 is 0 Å². The lowest BCUT2D eigenvalue weighted by molar-refractivity contribution is 0.0886. The fraction of sp³-hybridized carbons (Fsp3) is 0.409. The van der Waals surface area contributed by atoms with Gasteiger partial charge in [0.25, 0.3) is 5.91 Å². The van der Waals surface area contributed by atoms with Gasteiger partial charge in [0.1, 0.15) is 0 Å². The first-order valence-electron chi connectivity index (χ1n) is 9.67. The first kappa shape index (κ1) is 20.8. The Bertz CT molecular complexity index is 785. The van der Waals surface area contributed by atoms with Crippen molar-refractivity contribution < 1.29 is 4.79 Å². The molecule has 1 amide bonds. The Morgan fingerprint density at radius 2 is 1.79 bits per heavy atom. The van der Waals surface area contributed by atoms with Crippen molar-refractivity contribution in [2.75, 3.05) is 58.8 Å². The number of benzene rings is 2. The summed E-state index contributed by atoms with van der Waals surface area (Å²) in [7, 11) is 6.25. The van der Waals surface area contributed by atoms with E-state index in [9.17, 15) is 4.79 Å². The highest BCUT2D eigenvalue weighted by molar-refractivity contribution is 9.10. The minimum atomic E-state index is -0.0367. The van der Waals surface area contributed by atoms with Crippen molar-refractivity contribution in [1.82, 2.24) is 15.1 Å². The Balaban J connectivity index is 1.75. The predicted octanol–water partition coefficient (Wildman–Crippen LogP) is 3.23. The van der Waals surface area contributed by atoms with Crippen molar-refractivity contribution in [3.8, 4) is 0 Å². The van der Waals surface area contributed by atoms with E-state index in [2.05, 4.69) is 67.3 Å². The highest BCUT2D eigenvalue weighted by Gasteiger charge is 2.24. The van der Waals surface area contributed by atoms with E-state index in [4.69, 9.17) is 0 Å². The molecular formula is C22H29BrN4O. The second-order valence-corrected chi connectivity index (χ2v) is 8.48. The van der Waals surface area contributed by atoms with Gasteiger partial charge in [-0.1, -0.05) is 34.1 Å². The quantitative estimate of drug-likeness (QED) is 0.741. The summed E-state index contributed by atoms with van der Waals surface area (Å²) in [6.45, 7) is 4.70. The molecule has 3 rings (SSSR count). The summed E-state index contributed by atoms with van der Waals surface area (Å²) in [5.74, 6) is -0.0367. The molecule has 0 aromatic heterocycles. The monoisotopic (exact) mass is 444 g/mol. The van der Waals surface area contributed by atoms with Crippen molar-refractivity contribution >= 4 is 27.5 Å². The second-order valence-electron chi connectivity index (χ2n) is 7.56. The number of nitrogens with one attached hydrogen (secondary N) is 1. The zero-order valence-electron chi connectivity index (χ0n) is 16.9. The maximum atomic E-state index is 12.6. The van der Waals surface area contributed by atoms with Crippen LogP contribution in [-0.4, -0.2) is 69.6 Å². The van der Waals surface area contributed by atoms with Gasteiger partial charge < -0.3 is 15.1 Å². The number of piperazine rings is 1. The van der Waals surface area contributed by atoms with Crippen molar-refractivity contribution in [2.45, 2.75) is 6.04 Å². The molecule has 1 N–H and O–H groups in total. The maximum absolute atomic E-state index is 12.6. The average Bonchev–Trinajstić information content (AvgIpc) is 2.69. The Kier molecular flexibility index (Phi) is 7.10. The summed E-state index contributed by atoms with van der Waals surface area (Å²) in [5, 5.41) is 3.15. The maximum Gasteiger partial charge on any atom is 0.251 e.